The lowest BCUT2D eigenvalue weighted by atomic mass is 10.0. The number of carbonyl (C=O) groups excluding carboxylic acids is 1. The Morgan fingerprint density at radius 3 is 1.58 bits per heavy atom. The number of hydrogen-bond acceptors (Lipinski definition) is 2. The second-order valence-electron chi connectivity index (χ2n) is 12.4. The predicted octanol–water partition coefficient (Wildman–Crippen LogP) is 12.4. The van der Waals surface area contributed by atoms with E-state index in [0.29, 0.717) is 12.2 Å². The van der Waals surface area contributed by atoms with Crippen molar-refractivity contribution in [3.8, 4) is 0 Å². The Morgan fingerprint density at radius 2 is 1.04 bits per heavy atom. The van der Waals surface area contributed by atoms with Gasteiger partial charge in [0, 0.05) is 12.2 Å². The van der Waals surface area contributed by atoms with Crippen LogP contribution in [0.5, 0.6) is 0 Å². The van der Waals surface area contributed by atoms with Crippen LogP contribution in [0.15, 0.2) is 85.5 Å². The van der Waals surface area contributed by atoms with E-state index in [9.17, 15) is 9.18 Å². The SMILES string of the molecule is C=Cc1ccc(COCCCCCCCCCCCCCCCCCCc2ccc(C=CC(=O)c3ccc(F)cc3)cc2)cc1. The summed E-state index contributed by atoms with van der Waals surface area (Å²) in [6.45, 7) is 5.37. The summed E-state index contributed by atoms with van der Waals surface area (Å²) in [5, 5.41) is 0. The summed E-state index contributed by atoms with van der Waals surface area (Å²) in [6, 6.07) is 22.5. The zero-order valence-electron chi connectivity index (χ0n) is 27.5. The molecule has 3 aromatic carbocycles. The summed E-state index contributed by atoms with van der Waals surface area (Å²) >= 11 is 0. The number of halogens is 1. The fourth-order valence-electron chi connectivity index (χ4n) is 5.63. The van der Waals surface area contributed by atoms with Crippen LogP contribution >= 0.6 is 0 Å². The van der Waals surface area contributed by atoms with Crippen LogP contribution in [0.4, 0.5) is 4.39 Å². The van der Waals surface area contributed by atoms with Gasteiger partial charge >= 0.3 is 0 Å². The molecule has 0 aliphatic heterocycles. The van der Waals surface area contributed by atoms with Gasteiger partial charge in [-0.3, -0.25) is 4.79 Å². The quantitative estimate of drug-likeness (QED) is 0.0542. The molecule has 45 heavy (non-hydrogen) atoms. The molecule has 0 aromatic heterocycles. The van der Waals surface area contributed by atoms with E-state index in [-0.39, 0.29) is 11.6 Å². The number of ketones is 1. The van der Waals surface area contributed by atoms with Crippen molar-refractivity contribution in [1.82, 2.24) is 0 Å². The summed E-state index contributed by atoms with van der Waals surface area (Å²) in [6.07, 6.45) is 27.9. The molecule has 0 spiro atoms. The van der Waals surface area contributed by atoms with Gasteiger partial charge in [-0.1, -0.05) is 157 Å². The van der Waals surface area contributed by atoms with Crippen LogP contribution in [0.3, 0.4) is 0 Å². The Labute approximate surface area is 272 Å². The summed E-state index contributed by atoms with van der Waals surface area (Å²) < 4.78 is 18.8. The lowest BCUT2D eigenvalue weighted by Crippen LogP contribution is -1.95. The van der Waals surface area contributed by atoms with Crippen LogP contribution in [0.1, 0.15) is 135 Å². The van der Waals surface area contributed by atoms with Crippen molar-refractivity contribution in [3.63, 3.8) is 0 Å². The number of rotatable bonds is 25. The van der Waals surface area contributed by atoms with Gasteiger partial charge in [0.1, 0.15) is 5.82 Å². The molecule has 0 saturated carbocycles. The molecule has 3 rings (SSSR count). The molecular formula is C42H55FO2. The van der Waals surface area contributed by atoms with Gasteiger partial charge in [-0.15, -0.1) is 0 Å². The zero-order valence-corrected chi connectivity index (χ0v) is 27.5. The van der Waals surface area contributed by atoms with Gasteiger partial charge < -0.3 is 4.74 Å². The standard InChI is InChI=1S/C42H55FO2/c1-2-36-20-26-39(27-21-36)35-45-34-18-16-14-12-10-8-6-4-3-5-7-9-11-13-15-17-19-37-22-24-38(25-23-37)28-33-42(44)40-29-31-41(43)32-30-40/h2,20-33H,1,3-19,34-35H2. The predicted molar refractivity (Wildman–Crippen MR) is 190 cm³/mol. The minimum atomic E-state index is -0.332. The Kier molecular flexibility index (Phi) is 18.6. The van der Waals surface area contributed by atoms with E-state index in [4.69, 9.17) is 4.74 Å². The highest BCUT2D eigenvalue weighted by atomic mass is 19.1. The topological polar surface area (TPSA) is 26.3 Å². The first-order chi connectivity index (χ1) is 22.1. The molecule has 0 bridgehead atoms. The largest absolute Gasteiger partial charge is 0.377 e. The van der Waals surface area contributed by atoms with Crippen molar-refractivity contribution in [2.45, 2.75) is 116 Å². The highest BCUT2D eigenvalue weighted by Crippen LogP contribution is 2.16. The molecule has 3 heteroatoms. The second-order valence-corrected chi connectivity index (χ2v) is 12.4. The van der Waals surface area contributed by atoms with Crippen molar-refractivity contribution >= 4 is 17.9 Å². The smallest absolute Gasteiger partial charge is 0.185 e. The first-order valence-electron chi connectivity index (χ1n) is 17.5. The monoisotopic (exact) mass is 610 g/mol. The number of benzene rings is 3. The molecule has 0 fully saturated rings. The van der Waals surface area contributed by atoms with E-state index >= 15 is 0 Å². The Morgan fingerprint density at radius 1 is 0.578 bits per heavy atom. The van der Waals surface area contributed by atoms with E-state index in [2.05, 4.69) is 55.1 Å². The molecule has 0 N–H and O–H groups in total. The van der Waals surface area contributed by atoms with Crippen LogP contribution < -0.4 is 0 Å². The van der Waals surface area contributed by atoms with E-state index in [1.807, 2.05) is 12.2 Å². The average Bonchev–Trinajstić information content (AvgIpc) is 3.07. The number of unbranched alkanes of at least 4 members (excludes halogenated alkanes) is 15. The van der Waals surface area contributed by atoms with Gasteiger partial charge in [0.05, 0.1) is 6.61 Å². The fourth-order valence-corrected chi connectivity index (χ4v) is 5.63. The number of ether oxygens (including phenoxy) is 1. The molecule has 242 valence electrons. The molecule has 0 atom stereocenters. The maximum absolute atomic E-state index is 13.0. The lowest BCUT2D eigenvalue weighted by molar-refractivity contribution is 0.104. The summed E-state index contributed by atoms with van der Waals surface area (Å²) in [4.78, 5) is 12.2. The van der Waals surface area contributed by atoms with E-state index in [1.54, 1.807) is 6.08 Å². The molecular weight excluding hydrogens is 555 g/mol. The maximum atomic E-state index is 13.0. The molecule has 0 aliphatic carbocycles. The molecule has 0 amide bonds. The van der Waals surface area contributed by atoms with Crippen LogP contribution in [0.25, 0.3) is 12.2 Å². The van der Waals surface area contributed by atoms with Crippen molar-refractivity contribution < 1.29 is 13.9 Å². The van der Waals surface area contributed by atoms with Crippen molar-refractivity contribution in [2.75, 3.05) is 6.61 Å². The normalized spacial score (nSPS) is 11.3. The molecule has 0 heterocycles. The number of aryl methyl sites for hydroxylation is 1. The van der Waals surface area contributed by atoms with E-state index in [1.165, 1.54) is 138 Å². The van der Waals surface area contributed by atoms with Gasteiger partial charge in [-0.25, -0.2) is 4.39 Å². The summed E-state index contributed by atoms with van der Waals surface area (Å²) in [5.74, 6) is -0.446. The number of carbonyl (C=O) groups is 1. The zero-order chi connectivity index (χ0) is 31.8. The van der Waals surface area contributed by atoms with Gasteiger partial charge in [-0.2, -0.15) is 0 Å². The average molecular weight is 611 g/mol. The minimum absolute atomic E-state index is 0.114. The second kappa shape index (κ2) is 23.1. The molecule has 2 nitrogen and oxygen atoms in total. The maximum Gasteiger partial charge on any atom is 0.185 e. The Bertz CT molecular complexity index is 1230. The van der Waals surface area contributed by atoms with Crippen molar-refractivity contribution in [2.24, 2.45) is 0 Å². The van der Waals surface area contributed by atoms with Gasteiger partial charge in [-0.05, 0) is 71.9 Å². The van der Waals surface area contributed by atoms with E-state index in [0.717, 1.165) is 24.2 Å². The highest BCUT2D eigenvalue weighted by molar-refractivity contribution is 6.06. The third-order valence-corrected chi connectivity index (χ3v) is 8.52. The van der Waals surface area contributed by atoms with Gasteiger partial charge in [0.25, 0.3) is 0 Å². The first kappa shape index (κ1) is 36.2. The molecule has 0 saturated heterocycles. The minimum Gasteiger partial charge on any atom is -0.377 e. The highest BCUT2D eigenvalue weighted by Gasteiger charge is 2.02. The number of hydrogen-bond donors (Lipinski definition) is 0. The van der Waals surface area contributed by atoms with Crippen LogP contribution in [0, 0.1) is 5.82 Å². The van der Waals surface area contributed by atoms with Crippen LogP contribution in [-0.2, 0) is 17.8 Å². The third kappa shape index (κ3) is 16.5. The lowest BCUT2D eigenvalue weighted by Gasteiger charge is -2.06. The Balaban J connectivity index is 1.04. The van der Waals surface area contributed by atoms with Gasteiger partial charge in [0.15, 0.2) is 5.78 Å². The molecule has 0 radical (unpaired) electrons. The first-order valence-corrected chi connectivity index (χ1v) is 17.5. The molecule has 0 unspecified atom stereocenters. The molecule has 3 aromatic rings. The summed E-state index contributed by atoms with van der Waals surface area (Å²) in [5.41, 5.74) is 5.24. The Hall–Kier alpha value is -3.30. The summed E-state index contributed by atoms with van der Waals surface area (Å²) in [7, 11) is 0. The third-order valence-electron chi connectivity index (χ3n) is 8.52. The molecule has 0 aliphatic rings. The van der Waals surface area contributed by atoms with Crippen molar-refractivity contribution in [3.05, 3.63) is 119 Å². The van der Waals surface area contributed by atoms with Crippen LogP contribution in [-0.4, -0.2) is 12.4 Å². The number of allylic oxidation sites excluding steroid dienone is 1. The van der Waals surface area contributed by atoms with Gasteiger partial charge in [0.2, 0.25) is 0 Å². The fraction of sp³-hybridized carbons (Fsp3) is 0.452. The van der Waals surface area contributed by atoms with E-state index < -0.39 is 0 Å². The van der Waals surface area contributed by atoms with Crippen molar-refractivity contribution in [1.29, 1.82) is 0 Å². The van der Waals surface area contributed by atoms with Crippen LogP contribution in [0.2, 0.25) is 0 Å².